The van der Waals surface area contributed by atoms with Gasteiger partial charge < -0.3 is 9.47 Å². The summed E-state index contributed by atoms with van der Waals surface area (Å²) in [6.07, 6.45) is 0.270. The molecule has 0 aliphatic heterocycles. The van der Waals surface area contributed by atoms with E-state index in [0.717, 1.165) is 5.56 Å². The number of hydrogen-bond acceptors (Lipinski definition) is 6. The zero-order valence-corrected chi connectivity index (χ0v) is 12.3. The first-order valence-corrected chi connectivity index (χ1v) is 6.66. The van der Waals surface area contributed by atoms with Gasteiger partial charge in [-0.15, -0.1) is 4.98 Å². The summed E-state index contributed by atoms with van der Waals surface area (Å²) in [5.74, 6) is 0.537. The van der Waals surface area contributed by atoms with Crippen LogP contribution in [-0.4, -0.2) is 21.1 Å². The first-order valence-electron chi connectivity index (χ1n) is 6.29. The summed E-state index contributed by atoms with van der Waals surface area (Å²) in [5.41, 5.74) is 0.905. The molecule has 0 atom stereocenters. The molecule has 0 aliphatic carbocycles. The number of nitrogens with zero attached hydrogens (tertiary/aromatic N) is 4. The lowest BCUT2D eigenvalue weighted by Gasteiger charge is -2.09. The van der Waals surface area contributed by atoms with Gasteiger partial charge in [-0.25, -0.2) is 0 Å². The summed E-state index contributed by atoms with van der Waals surface area (Å²) in [4.78, 5) is 11.8. The van der Waals surface area contributed by atoms with E-state index in [9.17, 15) is 0 Å². The van der Waals surface area contributed by atoms with Gasteiger partial charge in [-0.05, 0) is 43.1 Å². The van der Waals surface area contributed by atoms with E-state index in [4.69, 9.17) is 26.3 Å². The SMILES string of the molecule is CC(C)Oc1nc(Cl)nc(Oc2ccc(CC#N)cc2)n1. The Labute approximate surface area is 127 Å². The Morgan fingerprint density at radius 1 is 1.14 bits per heavy atom. The summed E-state index contributed by atoms with van der Waals surface area (Å²) in [5, 5.41) is 8.62. The van der Waals surface area contributed by atoms with Crippen molar-refractivity contribution in [3.8, 4) is 23.8 Å². The molecule has 0 unspecified atom stereocenters. The van der Waals surface area contributed by atoms with Crippen molar-refractivity contribution < 1.29 is 9.47 Å². The molecule has 0 bridgehead atoms. The highest BCUT2D eigenvalue weighted by molar-refractivity contribution is 6.28. The lowest BCUT2D eigenvalue weighted by atomic mass is 10.2. The number of rotatable bonds is 5. The normalized spacial score (nSPS) is 10.2. The van der Waals surface area contributed by atoms with E-state index in [1.807, 2.05) is 13.8 Å². The maximum atomic E-state index is 8.62. The zero-order valence-electron chi connectivity index (χ0n) is 11.6. The molecule has 1 aromatic heterocycles. The highest BCUT2D eigenvalue weighted by Crippen LogP contribution is 2.21. The summed E-state index contributed by atoms with van der Waals surface area (Å²) >= 11 is 5.81. The first kappa shape index (κ1) is 15.0. The fourth-order valence-electron chi connectivity index (χ4n) is 1.50. The van der Waals surface area contributed by atoms with Crippen LogP contribution in [0, 0.1) is 11.3 Å². The summed E-state index contributed by atoms with van der Waals surface area (Å²) in [7, 11) is 0. The number of ether oxygens (including phenoxy) is 2. The standard InChI is InChI=1S/C14H13ClN4O2/c1-9(2)20-13-17-12(15)18-14(19-13)21-11-5-3-10(4-6-11)7-8-16/h3-6,9H,7H2,1-2H3. The van der Waals surface area contributed by atoms with Crippen molar-refractivity contribution in [2.75, 3.05) is 0 Å². The topological polar surface area (TPSA) is 80.9 Å². The van der Waals surface area contributed by atoms with Gasteiger partial charge >= 0.3 is 12.0 Å². The predicted molar refractivity (Wildman–Crippen MR) is 76.4 cm³/mol. The van der Waals surface area contributed by atoms with Crippen LogP contribution in [0.3, 0.4) is 0 Å². The molecule has 1 aromatic carbocycles. The molecule has 2 aromatic rings. The fourth-order valence-corrected chi connectivity index (χ4v) is 1.64. The fraction of sp³-hybridized carbons (Fsp3) is 0.286. The van der Waals surface area contributed by atoms with Gasteiger partial charge in [0.1, 0.15) is 5.75 Å². The van der Waals surface area contributed by atoms with Crippen molar-refractivity contribution >= 4 is 11.6 Å². The molecule has 21 heavy (non-hydrogen) atoms. The first-order chi connectivity index (χ1) is 10.1. The molecule has 0 aliphatic rings. The van der Waals surface area contributed by atoms with E-state index in [2.05, 4.69) is 21.0 Å². The zero-order chi connectivity index (χ0) is 15.2. The van der Waals surface area contributed by atoms with Crippen LogP contribution >= 0.6 is 11.6 Å². The predicted octanol–water partition coefficient (Wildman–Crippen LogP) is 3.17. The maximum absolute atomic E-state index is 8.62. The second-order valence-electron chi connectivity index (χ2n) is 4.42. The Balaban J connectivity index is 2.15. The molecule has 0 N–H and O–H groups in total. The van der Waals surface area contributed by atoms with Crippen LogP contribution in [0.5, 0.6) is 17.8 Å². The maximum Gasteiger partial charge on any atom is 0.329 e. The third kappa shape index (κ3) is 4.58. The molecular formula is C14H13ClN4O2. The van der Waals surface area contributed by atoms with Crippen molar-refractivity contribution in [3.63, 3.8) is 0 Å². The minimum atomic E-state index is -0.0819. The number of aromatic nitrogens is 3. The van der Waals surface area contributed by atoms with E-state index in [1.165, 1.54) is 0 Å². The Kier molecular flexibility index (Phi) is 4.90. The number of nitriles is 1. The van der Waals surface area contributed by atoms with E-state index >= 15 is 0 Å². The van der Waals surface area contributed by atoms with Gasteiger partial charge in [0.25, 0.3) is 0 Å². The molecule has 0 saturated carbocycles. The largest absolute Gasteiger partial charge is 0.461 e. The third-order valence-electron chi connectivity index (χ3n) is 2.32. The van der Waals surface area contributed by atoms with Crippen LogP contribution in [0.1, 0.15) is 19.4 Å². The van der Waals surface area contributed by atoms with Gasteiger partial charge in [0.15, 0.2) is 0 Å². The molecule has 7 heteroatoms. The molecule has 1 heterocycles. The molecule has 0 spiro atoms. The van der Waals surface area contributed by atoms with Crippen LogP contribution in [-0.2, 0) is 6.42 Å². The monoisotopic (exact) mass is 304 g/mol. The summed E-state index contributed by atoms with van der Waals surface area (Å²) in [6, 6.07) is 9.30. The minimum absolute atomic E-state index is 0.00301. The van der Waals surface area contributed by atoms with Crippen molar-refractivity contribution in [2.24, 2.45) is 0 Å². The lowest BCUT2D eigenvalue weighted by molar-refractivity contribution is 0.218. The Morgan fingerprint density at radius 2 is 1.81 bits per heavy atom. The van der Waals surface area contributed by atoms with Crippen LogP contribution in [0.2, 0.25) is 5.28 Å². The van der Waals surface area contributed by atoms with E-state index in [-0.39, 0.29) is 23.4 Å². The Morgan fingerprint density at radius 3 is 2.43 bits per heavy atom. The van der Waals surface area contributed by atoms with Gasteiger partial charge in [0.05, 0.1) is 18.6 Å². The van der Waals surface area contributed by atoms with Gasteiger partial charge in [-0.2, -0.15) is 15.2 Å². The van der Waals surface area contributed by atoms with Crippen molar-refractivity contribution in [1.29, 1.82) is 5.26 Å². The van der Waals surface area contributed by atoms with Gasteiger partial charge in [0.2, 0.25) is 5.28 Å². The Bertz CT molecular complexity index is 653. The number of hydrogen-bond donors (Lipinski definition) is 0. The van der Waals surface area contributed by atoms with Crippen LogP contribution in [0.25, 0.3) is 0 Å². The number of benzene rings is 1. The average molecular weight is 305 g/mol. The molecule has 0 saturated heterocycles. The minimum Gasteiger partial charge on any atom is -0.461 e. The lowest BCUT2D eigenvalue weighted by Crippen LogP contribution is -2.09. The van der Waals surface area contributed by atoms with Gasteiger partial charge in [-0.3, -0.25) is 0 Å². The summed E-state index contributed by atoms with van der Waals surface area (Å²) < 4.78 is 10.9. The van der Waals surface area contributed by atoms with Crippen LogP contribution in [0.4, 0.5) is 0 Å². The van der Waals surface area contributed by atoms with Gasteiger partial charge in [-0.1, -0.05) is 12.1 Å². The third-order valence-corrected chi connectivity index (χ3v) is 2.49. The molecule has 2 rings (SSSR count). The van der Waals surface area contributed by atoms with Crippen LogP contribution < -0.4 is 9.47 Å². The molecule has 0 radical (unpaired) electrons. The van der Waals surface area contributed by atoms with Gasteiger partial charge in [0, 0.05) is 0 Å². The van der Waals surface area contributed by atoms with Crippen molar-refractivity contribution in [1.82, 2.24) is 15.0 Å². The highest BCUT2D eigenvalue weighted by Gasteiger charge is 2.09. The van der Waals surface area contributed by atoms with E-state index in [0.29, 0.717) is 12.2 Å². The Hall–Kier alpha value is -2.39. The summed E-state index contributed by atoms with van der Waals surface area (Å²) in [6.45, 7) is 3.71. The molecular weight excluding hydrogens is 292 g/mol. The highest BCUT2D eigenvalue weighted by atomic mass is 35.5. The second kappa shape index (κ2) is 6.86. The molecule has 0 fully saturated rings. The quantitative estimate of drug-likeness (QED) is 0.844. The smallest absolute Gasteiger partial charge is 0.329 e. The van der Waals surface area contributed by atoms with Crippen molar-refractivity contribution in [2.45, 2.75) is 26.4 Å². The molecule has 6 nitrogen and oxygen atoms in total. The number of halogens is 1. The molecule has 0 amide bonds. The second-order valence-corrected chi connectivity index (χ2v) is 4.76. The average Bonchev–Trinajstić information content (AvgIpc) is 2.40. The van der Waals surface area contributed by atoms with E-state index < -0.39 is 0 Å². The van der Waals surface area contributed by atoms with Crippen molar-refractivity contribution in [3.05, 3.63) is 35.1 Å². The van der Waals surface area contributed by atoms with E-state index in [1.54, 1.807) is 24.3 Å². The molecule has 108 valence electrons. The van der Waals surface area contributed by atoms with Crippen LogP contribution in [0.15, 0.2) is 24.3 Å².